The number of hydrogen-bond donors (Lipinski definition) is 1. The lowest BCUT2D eigenvalue weighted by molar-refractivity contribution is 0.318. The molecule has 18 heavy (non-hydrogen) atoms. The lowest BCUT2D eigenvalue weighted by atomic mass is 10.0. The van der Waals surface area contributed by atoms with Gasteiger partial charge in [0.2, 0.25) is 0 Å². The minimum absolute atomic E-state index is 0.618. The van der Waals surface area contributed by atoms with E-state index in [1.807, 2.05) is 6.20 Å². The minimum atomic E-state index is 0.618. The van der Waals surface area contributed by atoms with Crippen molar-refractivity contribution in [2.75, 3.05) is 13.1 Å². The fourth-order valence-electron chi connectivity index (χ4n) is 2.87. The highest BCUT2D eigenvalue weighted by atomic mass is 15.2. The Morgan fingerprint density at radius 1 is 1.50 bits per heavy atom. The van der Waals surface area contributed by atoms with E-state index in [1.165, 1.54) is 29.9 Å². The molecule has 0 bridgehead atoms. The molecule has 1 saturated heterocycles. The number of aryl methyl sites for hydroxylation is 2. The molecule has 0 amide bonds. The van der Waals surface area contributed by atoms with E-state index < -0.39 is 0 Å². The Balaban J connectivity index is 1.66. The Labute approximate surface area is 108 Å². The van der Waals surface area contributed by atoms with Crippen LogP contribution in [-0.4, -0.2) is 32.8 Å². The summed E-state index contributed by atoms with van der Waals surface area (Å²) in [5.41, 5.74) is 4.00. The van der Waals surface area contributed by atoms with Gasteiger partial charge in [0.25, 0.3) is 0 Å². The molecule has 3 heterocycles. The van der Waals surface area contributed by atoms with E-state index in [0.29, 0.717) is 5.92 Å². The molecule has 0 aliphatic carbocycles. The molecule has 2 aromatic rings. The molecule has 3 rings (SSSR count). The van der Waals surface area contributed by atoms with Crippen molar-refractivity contribution in [1.29, 1.82) is 0 Å². The molecule has 0 radical (unpaired) electrons. The summed E-state index contributed by atoms with van der Waals surface area (Å²) in [5.74, 6) is 0.618. The Hall–Kier alpha value is -1.55. The maximum absolute atomic E-state index is 4.13. The van der Waals surface area contributed by atoms with Crippen LogP contribution in [-0.2, 0) is 13.6 Å². The van der Waals surface area contributed by atoms with Gasteiger partial charge in [-0.15, -0.1) is 0 Å². The summed E-state index contributed by atoms with van der Waals surface area (Å²) < 4.78 is 2.20. The highest BCUT2D eigenvalue weighted by Crippen LogP contribution is 2.28. The molecule has 1 aliphatic rings. The lowest BCUT2D eigenvalue weighted by Crippen LogP contribution is -2.21. The SMILES string of the molecule is Cc1cn[nH]c1C1CCN(Cc2cccn2C)C1. The van der Waals surface area contributed by atoms with E-state index >= 15 is 0 Å². The summed E-state index contributed by atoms with van der Waals surface area (Å²) in [5, 5.41) is 7.29. The Morgan fingerprint density at radius 2 is 2.39 bits per heavy atom. The highest BCUT2D eigenvalue weighted by Gasteiger charge is 2.26. The summed E-state index contributed by atoms with van der Waals surface area (Å²) >= 11 is 0. The average Bonchev–Trinajstić information content (AvgIpc) is 3.03. The third-order valence-corrected chi connectivity index (χ3v) is 3.99. The maximum atomic E-state index is 4.13. The van der Waals surface area contributed by atoms with Gasteiger partial charge in [0, 0.05) is 43.6 Å². The second-order valence-electron chi connectivity index (χ2n) is 5.30. The van der Waals surface area contributed by atoms with Gasteiger partial charge in [-0.1, -0.05) is 0 Å². The van der Waals surface area contributed by atoms with Crippen LogP contribution in [0, 0.1) is 6.92 Å². The van der Waals surface area contributed by atoms with E-state index in [2.05, 4.69) is 52.0 Å². The number of nitrogens with one attached hydrogen (secondary N) is 1. The zero-order valence-corrected chi connectivity index (χ0v) is 11.1. The molecular formula is C14H20N4. The van der Waals surface area contributed by atoms with Gasteiger partial charge in [-0.25, -0.2) is 0 Å². The Morgan fingerprint density at radius 3 is 3.06 bits per heavy atom. The fraction of sp³-hybridized carbons (Fsp3) is 0.500. The van der Waals surface area contributed by atoms with Crippen LogP contribution in [0.1, 0.15) is 29.3 Å². The fourth-order valence-corrected chi connectivity index (χ4v) is 2.87. The van der Waals surface area contributed by atoms with Crippen LogP contribution in [0.2, 0.25) is 0 Å². The second-order valence-corrected chi connectivity index (χ2v) is 5.30. The molecular weight excluding hydrogens is 224 g/mol. The van der Waals surface area contributed by atoms with Crippen molar-refractivity contribution in [2.24, 2.45) is 7.05 Å². The van der Waals surface area contributed by atoms with Crippen molar-refractivity contribution in [3.05, 3.63) is 41.5 Å². The van der Waals surface area contributed by atoms with E-state index in [9.17, 15) is 0 Å². The van der Waals surface area contributed by atoms with Gasteiger partial charge in [-0.3, -0.25) is 10.00 Å². The van der Waals surface area contributed by atoms with Crippen LogP contribution in [0.4, 0.5) is 0 Å². The van der Waals surface area contributed by atoms with Gasteiger partial charge < -0.3 is 4.57 Å². The molecule has 1 N–H and O–H groups in total. The third kappa shape index (κ3) is 2.08. The van der Waals surface area contributed by atoms with Gasteiger partial charge in [0.1, 0.15) is 0 Å². The number of hydrogen-bond acceptors (Lipinski definition) is 2. The summed E-state index contributed by atoms with van der Waals surface area (Å²) in [6.07, 6.45) is 5.27. The molecule has 2 aromatic heterocycles. The molecule has 1 atom stereocenters. The molecule has 1 aliphatic heterocycles. The molecule has 96 valence electrons. The van der Waals surface area contributed by atoms with Gasteiger partial charge in [-0.05, 0) is 37.6 Å². The normalized spacial score (nSPS) is 20.7. The predicted molar refractivity (Wildman–Crippen MR) is 71.4 cm³/mol. The number of likely N-dealkylation sites (tertiary alicyclic amines) is 1. The number of H-pyrrole nitrogens is 1. The van der Waals surface area contributed by atoms with Gasteiger partial charge >= 0.3 is 0 Å². The van der Waals surface area contributed by atoms with Crippen LogP contribution in [0.5, 0.6) is 0 Å². The average molecular weight is 244 g/mol. The number of aromatic amines is 1. The van der Waals surface area contributed by atoms with Gasteiger partial charge in [0.05, 0.1) is 6.20 Å². The van der Waals surface area contributed by atoms with Crippen molar-refractivity contribution < 1.29 is 0 Å². The second kappa shape index (κ2) is 4.61. The van der Waals surface area contributed by atoms with Crippen LogP contribution in [0.15, 0.2) is 24.5 Å². The first-order chi connectivity index (χ1) is 8.74. The first-order valence-corrected chi connectivity index (χ1v) is 6.56. The molecule has 4 nitrogen and oxygen atoms in total. The highest BCUT2D eigenvalue weighted by molar-refractivity contribution is 5.20. The number of nitrogens with zero attached hydrogens (tertiary/aromatic N) is 3. The monoisotopic (exact) mass is 244 g/mol. The zero-order chi connectivity index (χ0) is 12.5. The van der Waals surface area contributed by atoms with Crippen molar-refractivity contribution in [2.45, 2.75) is 25.8 Å². The molecule has 4 heteroatoms. The number of rotatable bonds is 3. The quantitative estimate of drug-likeness (QED) is 0.897. The minimum Gasteiger partial charge on any atom is -0.353 e. The van der Waals surface area contributed by atoms with Crippen LogP contribution >= 0.6 is 0 Å². The molecule has 0 spiro atoms. The summed E-state index contributed by atoms with van der Waals surface area (Å²) in [7, 11) is 2.11. The van der Waals surface area contributed by atoms with Crippen LogP contribution in [0.25, 0.3) is 0 Å². The Bertz CT molecular complexity index is 525. The van der Waals surface area contributed by atoms with Crippen LogP contribution in [0.3, 0.4) is 0 Å². The van der Waals surface area contributed by atoms with E-state index in [1.54, 1.807) is 0 Å². The first-order valence-electron chi connectivity index (χ1n) is 6.56. The molecule has 1 unspecified atom stereocenters. The van der Waals surface area contributed by atoms with E-state index in [0.717, 1.165) is 13.1 Å². The zero-order valence-electron chi connectivity index (χ0n) is 11.1. The van der Waals surface area contributed by atoms with Gasteiger partial charge in [-0.2, -0.15) is 5.10 Å². The first kappa shape index (κ1) is 11.5. The molecule has 1 fully saturated rings. The van der Waals surface area contributed by atoms with Crippen molar-refractivity contribution in [3.8, 4) is 0 Å². The predicted octanol–water partition coefficient (Wildman–Crippen LogP) is 2.05. The topological polar surface area (TPSA) is 36.9 Å². The van der Waals surface area contributed by atoms with Gasteiger partial charge in [0.15, 0.2) is 0 Å². The number of aromatic nitrogens is 3. The third-order valence-electron chi connectivity index (χ3n) is 3.99. The van der Waals surface area contributed by atoms with E-state index in [4.69, 9.17) is 0 Å². The largest absolute Gasteiger partial charge is 0.353 e. The summed E-state index contributed by atoms with van der Waals surface area (Å²) in [6, 6.07) is 4.32. The molecule has 0 saturated carbocycles. The Kier molecular flexibility index (Phi) is 2.96. The summed E-state index contributed by atoms with van der Waals surface area (Å²) in [4.78, 5) is 2.53. The summed E-state index contributed by atoms with van der Waals surface area (Å²) in [6.45, 7) is 5.49. The van der Waals surface area contributed by atoms with Crippen molar-refractivity contribution >= 4 is 0 Å². The smallest absolute Gasteiger partial charge is 0.0519 e. The maximum Gasteiger partial charge on any atom is 0.0519 e. The van der Waals surface area contributed by atoms with E-state index in [-0.39, 0.29) is 0 Å². The molecule has 0 aromatic carbocycles. The van der Waals surface area contributed by atoms with Crippen molar-refractivity contribution in [1.82, 2.24) is 19.7 Å². The van der Waals surface area contributed by atoms with Crippen LogP contribution < -0.4 is 0 Å². The lowest BCUT2D eigenvalue weighted by Gasteiger charge is -2.16. The standard InChI is InChI=1S/C14H20N4/c1-11-8-15-16-14(11)12-5-7-18(9-12)10-13-4-3-6-17(13)2/h3-4,6,8,12H,5,7,9-10H2,1-2H3,(H,15,16). The van der Waals surface area contributed by atoms with Crippen molar-refractivity contribution in [3.63, 3.8) is 0 Å².